The molecule has 0 bridgehead atoms. The third-order valence-corrected chi connectivity index (χ3v) is 7.60. The van der Waals surface area contributed by atoms with E-state index in [-0.39, 0.29) is 24.2 Å². The van der Waals surface area contributed by atoms with Crippen LogP contribution < -0.4 is 0 Å². The highest BCUT2D eigenvalue weighted by Gasteiger charge is 2.56. The first-order valence-corrected chi connectivity index (χ1v) is 11.8. The van der Waals surface area contributed by atoms with Crippen molar-refractivity contribution in [1.29, 1.82) is 0 Å². The van der Waals surface area contributed by atoms with Gasteiger partial charge in [0.1, 0.15) is 5.41 Å². The van der Waals surface area contributed by atoms with Crippen molar-refractivity contribution in [3.8, 4) is 0 Å². The van der Waals surface area contributed by atoms with Crippen molar-refractivity contribution in [3.63, 3.8) is 0 Å². The summed E-state index contributed by atoms with van der Waals surface area (Å²) in [7, 11) is 0. The predicted octanol–water partition coefficient (Wildman–Crippen LogP) is 2.58. The van der Waals surface area contributed by atoms with E-state index in [1.54, 1.807) is 0 Å². The number of piperidine rings is 1. The summed E-state index contributed by atoms with van der Waals surface area (Å²) >= 11 is 1.86. The summed E-state index contributed by atoms with van der Waals surface area (Å²) in [6.45, 7) is 4.34. The third-order valence-electron chi connectivity index (χ3n) is 6.66. The molecular formula is C21H30N2O4S. The molecule has 28 heavy (non-hydrogen) atoms. The molecule has 0 spiro atoms. The van der Waals surface area contributed by atoms with E-state index < -0.39 is 11.3 Å². The van der Waals surface area contributed by atoms with Gasteiger partial charge in [-0.1, -0.05) is 0 Å². The van der Waals surface area contributed by atoms with Gasteiger partial charge in [0.2, 0.25) is 11.8 Å². The van der Waals surface area contributed by atoms with E-state index in [0.717, 1.165) is 62.4 Å². The van der Waals surface area contributed by atoms with Crippen LogP contribution in [0, 0.1) is 11.3 Å². The predicted molar refractivity (Wildman–Crippen MR) is 108 cm³/mol. The van der Waals surface area contributed by atoms with Crippen LogP contribution >= 0.6 is 11.8 Å². The average Bonchev–Trinajstić information content (AvgIpc) is 2.72. The molecule has 2 fully saturated rings. The molecule has 7 heteroatoms. The zero-order valence-electron chi connectivity index (χ0n) is 16.7. The summed E-state index contributed by atoms with van der Waals surface area (Å²) in [5.74, 6) is 1.38. The first-order valence-electron chi connectivity index (χ1n) is 10.6. The zero-order chi connectivity index (χ0) is 19.7. The van der Waals surface area contributed by atoms with E-state index in [9.17, 15) is 14.4 Å². The summed E-state index contributed by atoms with van der Waals surface area (Å²) in [5, 5.41) is 0. The van der Waals surface area contributed by atoms with Crippen molar-refractivity contribution in [1.82, 2.24) is 9.80 Å². The van der Waals surface area contributed by atoms with Crippen molar-refractivity contribution < 1.29 is 19.1 Å². The summed E-state index contributed by atoms with van der Waals surface area (Å²) in [4.78, 5) is 43.0. The van der Waals surface area contributed by atoms with Crippen LogP contribution in [0.3, 0.4) is 0 Å². The maximum atomic E-state index is 13.3. The van der Waals surface area contributed by atoms with Crippen LogP contribution in [0.4, 0.5) is 0 Å². The molecule has 0 saturated carbocycles. The Labute approximate surface area is 171 Å². The third kappa shape index (κ3) is 3.36. The van der Waals surface area contributed by atoms with E-state index in [1.807, 2.05) is 28.5 Å². The lowest BCUT2D eigenvalue weighted by Crippen LogP contribution is -2.56. The van der Waals surface area contributed by atoms with Crippen molar-refractivity contribution in [2.45, 2.75) is 51.9 Å². The fraction of sp³-hybridized carbons (Fsp3) is 0.762. The van der Waals surface area contributed by atoms with Crippen LogP contribution in [0.5, 0.6) is 0 Å². The number of hydrogen-bond acceptors (Lipinski definition) is 5. The maximum Gasteiger partial charge on any atom is 0.318 e. The van der Waals surface area contributed by atoms with E-state index in [0.29, 0.717) is 19.6 Å². The summed E-state index contributed by atoms with van der Waals surface area (Å²) < 4.78 is 5.50. The van der Waals surface area contributed by atoms with Crippen molar-refractivity contribution in [3.05, 3.63) is 11.3 Å². The van der Waals surface area contributed by atoms with Crippen LogP contribution in [0.25, 0.3) is 0 Å². The number of allylic oxidation sites excluding steroid dienone is 1. The Kier molecular flexibility index (Phi) is 5.72. The molecule has 4 rings (SSSR count). The average molecular weight is 407 g/mol. The molecule has 0 aromatic carbocycles. The first-order chi connectivity index (χ1) is 13.6. The normalized spacial score (nSPS) is 30.2. The molecule has 4 aliphatic rings. The van der Waals surface area contributed by atoms with Gasteiger partial charge in [-0.25, -0.2) is 0 Å². The highest BCUT2D eigenvalue weighted by atomic mass is 32.2. The number of rotatable bonds is 4. The molecule has 3 aliphatic heterocycles. The molecule has 0 radical (unpaired) electrons. The number of amides is 2. The van der Waals surface area contributed by atoms with Crippen LogP contribution in [0.2, 0.25) is 0 Å². The standard InChI is InChI=1S/C21H30N2O4S/c1-2-27-20(26)21-7-3-5-15-6-4-8-23(18(15)21)19(25)16(14-21)13-17(24)22-9-11-28-12-10-22/h16H,2-14H2,1H3/t16-,21-/m0/s1. The Morgan fingerprint density at radius 3 is 2.68 bits per heavy atom. The number of thioether (sulfide) groups is 1. The van der Waals surface area contributed by atoms with Gasteiger partial charge in [-0.2, -0.15) is 11.8 Å². The quantitative estimate of drug-likeness (QED) is 0.672. The Morgan fingerprint density at radius 1 is 1.18 bits per heavy atom. The second-order valence-corrected chi connectivity index (χ2v) is 9.52. The minimum atomic E-state index is -0.735. The molecule has 0 unspecified atom stereocenters. The number of ether oxygens (including phenoxy) is 1. The SMILES string of the molecule is CCOC(=O)[C@]12CCCC3=C1N(CCC3)C(=O)[C@@H](CC(=O)N1CCSCC1)C2. The zero-order valence-corrected chi connectivity index (χ0v) is 17.5. The maximum absolute atomic E-state index is 13.3. The number of esters is 1. The van der Waals surface area contributed by atoms with E-state index in [2.05, 4.69) is 0 Å². The van der Waals surface area contributed by atoms with Crippen molar-refractivity contribution >= 4 is 29.5 Å². The van der Waals surface area contributed by atoms with Crippen molar-refractivity contribution in [2.24, 2.45) is 11.3 Å². The smallest absolute Gasteiger partial charge is 0.318 e. The van der Waals surface area contributed by atoms with Gasteiger partial charge in [0.05, 0.1) is 6.61 Å². The first kappa shape index (κ1) is 19.8. The van der Waals surface area contributed by atoms with Gasteiger partial charge in [-0.3, -0.25) is 14.4 Å². The van der Waals surface area contributed by atoms with Gasteiger partial charge in [0.25, 0.3) is 0 Å². The molecular weight excluding hydrogens is 376 g/mol. The minimum Gasteiger partial charge on any atom is -0.465 e. The molecule has 3 heterocycles. The molecule has 2 atom stereocenters. The topological polar surface area (TPSA) is 66.9 Å². The molecule has 2 saturated heterocycles. The number of hydrogen-bond donors (Lipinski definition) is 0. The largest absolute Gasteiger partial charge is 0.465 e. The molecule has 0 aromatic heterocycles. The van der Waals surface area contributed by atoms with Crippen LogP contribution in [0.15, 0.2) is 11.3 Å². The van der Waals surface area contributed by atoms with E-state index >= 15 is 0 Å². The Hall–Kier alpha value is -1.50. The highest BCUT2D eigenvalue weighted by Crippen LogP contribution is 2.54. The van der Waals surface area contributed by atoms with Gasteiger partial charge < -0.3 is 14.5 Å². The lowest BCUT2D eigenvalue weighted by molar-refractivity contribution is -0.163. The molecule has 0 N–H and O–H groups in total. The Morgan fingerprint density at radius 2 is 1.93 bits per heavy atom. The van der Waals surface area contributed by atoms with Gasteiger partial charge >= 0.3 is 5.97 Å². The molecule has 2 amide bonds. The van der Waals surface area contributed by atoms with Gasteiger partial charge in [-0.15, -0.1) is 0 Å². The van der Waals surface area contributed by atoms with Crippen LogP contribution in [-0.4, -0.2) is 65.3 Å². The fourth-order valence-electron chi connectivity index (χ4n) is 5.44. The van der Waals surface area contributed by atoms with Crippen LogP contribution in [0.1, 0.15) is 51.9 Å². The summed E-state index contributed by atoms with van der Waals surface area (Å²) in [5.41, 5.74) is 1.46. The lowest BCUT2D eigenvalue weighted by atomic mass is 9.63. The van der Waals surface area contributed by atoms with Gasteiger partial charge in [0.15, 0.2) is 0 Å². The summed E-state index contributed by atoms with van der Waals surface area (Å²) in [6.07, 6.45) is 5.18. The van der Waals surface area contributed by atoms with Gasteiger partial charge in [0, 0.05) is 49.2 Å². The second-order valence-electron chi connectivity index (χ2n) is 8.30. The minimum absolute atomic E-state index is 0.0359. The number of carbonyl (C=O) groups is 3. The van der Waals surface area contributed by atoms with E-state index in [4.69, 9.17) is 4.74 Å². The molecule has 1 aliphatic carbocycles. The second kappa shape index (κ2) is 8.09. The van der Waals surface area contributed by atoms with Crippen LogP contribution in [-0.2, 0) is 19.1 Å². The highest BCUT2D eigenvalue weighted by molar-refractivity contribution is 7.99. The molecule has 154 valence electrons. The number of nitrogens with zero attached hydrogens (tertiary/aromatic N) is 2. The Balaban J connectivity index is 1.63. The molecule has 0 aromatic rings. The number of carbonyl (C=O) groups excluding carboxylic acids is 3. The van der Waals surface area contributed by atoms with E-state index in [1.165, 1.54) is 5.57 Å². The monoisotopic (exact) mass is 406 g/mol. The summed E-state index contributed by atoms with van der Waals surface area (Å²) in [6, 6.07) is 0. The van der Waals surface area contributed by atoms with Gasteiger partial charge in [-0.05, 0) is 51.0 Å². The fourth-order valence-corrected chi connectivity index (χ4v) is 6.35. The lowest BCUT2D eigenvalue weighted by Gasteiger charge is -2.51. The van der Waals surface area contributed by atoms with Crippen molar-refractivity contribution in [2.75, 3.05) is 37.7 Å². The molecule has 6 nitrogen and oxygen atoms in total. The Bertz CT molecular complexity index is 697.